The molecule has 1 fully saturated rings. The average Bonchev–Trinajstić information content (AvgIpc) is 2.33. The second-order valence-electron chi connectivity index (χ2n) is 5.54. The van der Waals surface area contributed by atoms with Crippen LogP contribution >= 0.6 is 0 Å². The third-order valence-electron chi connectivity index (χ3n) is 3.29. The normalized spacial score (nSPS) is 21.7. The summed E-state index contributed by atoms with van der Waals surface area (Å²) in [5, 5.41) is 3.61. The van der Waals surface area contributed by atoms with Crippen molar-refractivity contribution in [2.24, 2.45) is 5.92 Å². The van der Waals surface area contributed by atoms with Gasteiger partial charge in [-0.3, -0.25) is 0 Å². The van der Waals surface area contributed by atoms with Crippen molar-refractivity contribution in [2.45, 2.75) is 32.7 Å². The van der Waals surface area contributed by atoms with E-state index in [0.717, 1.165) is 32.0 Å². The summed E-state index contributed by atoms with van der Waals surface area (Å²) in [6, 6.07) is 0.674. The Balaban J connectivity index is 2.03. The van der Waals surface area contributed by atoms with Gasteiger partial charge in [0, 0.05) is 45.9 Å². The monoisotopic (exact) mass is 258 g/mol. The molecule has 0 spiro atoms. The molecule has 0 aromatic rings. The molecule has 1 heterocycles. The van der Waals surface area contributed by atoms with Crippen molar-refractivity contribution in [3.8, 4) is 0 Å². The molecular weight excluding hydrogens is 228 g/mol. The van der Waals surface area contributed by atoms with Crippen LogP contribution in [0.25, 0.3) is 0 Å². The van der Waals surface area contributed by atoms with Crippen LogP contribution in [0.15, 0.2) is 0 Å². The van der Waals surface area contributed by atoms with E-state index in [1.807, 2.05) is 0 Å². The van der Waals surface area contributed by atoms with E-state index in [1.165, 1.54) is 19.5 Å². The Morgan fingerprint density at radius 1 is 1.28 bits per heavy atom. The summed E-state index contributed by atoms with van der Waals surface area (Å²) in [6.45, 7) is 11.5. The second-order valence-corrected chi connectivity index (χ2v) is 5.54. The lowest BCUT2D eigenvalue weighted by atomic mass is 10.0. The molecule has 0 saturated carbocycles. The Labute approximate surface area is 112 Å². The summed E-state index contributed by atoms with van der Waals surface area (Å²) >= 11 is 0. The fraction of sp³-hybridized carbons (Fsp3) is 1.00. The highest BCUT2D eigenvalue weighted by molar-refractivity contribution is 4.79. The summed E-state index contributed by atoms with van der Waals surface area (Å²) in [5.41, 5.74) is 0. The van der Waals surface area contributed by atoms with E-state index in [1.54, 1.807) is 7.11 Å². The van der Waals surface area contributed by atoms with Crippen molar-refractivity contribution in [3.05, 3.63) is 0 Å². The van der Waals surface area contributed by atoms with E-state index in [4.69, 9.17) is 9.47 Å². The molecule has 0 aromatic carbocycles. The Morgan fingerprint density at radius 3 is 2.83 bits per heavy atom. The van der Waals surface area contributed by atoms with Crippen molar-refractivity contribution in [1.82, 2.24) is 10.2 Å². The number of nitrogens with one attached hydrogen (secondary N) is 1. The van der Waals surface area contributed by atoms with Gasteiger partial charge in [-0.1, -0.05) is 13.8 Å². The van der Waals surface area contributed by atoms with E-state index in [-0.39, 0.29) is 0 Å². The fourth-order valence-electron chi connectivity index (χ4n) is 2.46. The van der Waals surface area contributed by atoms with Crippen LogP contribution in [-0.2, 0) is 9.47 Å². The third kappa shape index (κ3) is 7.31. The molecule has 1 rings (SSSR count). The van der Waals surface area contributed by atoms with Gasteiger partial charge in [0.25, 0.3) is 0 Å². The molecule has 108 valence electrons. The van der Waals surface area contributed by atoms with Gasteiger partial charge in [0.15, 0.2) is 0 Å². The Morgan fingerprint density at radius 2 is 2.11 bits per heavy atom. The third-order valence-corrected chi connectivity index (χ3v) is 3.29. The van der Waals surface area contributed by atoms with E-state index in [9.17, 15) is 0 Å². The molecule has 0 amide bonds. The summed E-state index contributed by atoms with van der Waals surface area (Å²) < 4.78 is 10.4. The zero-order valence-corrected chi connectivity index (χ0v) is 12.3. The Hall–Kier alpha value is -0.160. The average molecular weight is 258 g/mol. The minimum atomic E-state index is 0.674. The molecular formula is C14H30N2O2. The summed E-state index contributed by atoms with van der Waals surface area (Å²) in [7, 11) is 1.71. The SMILES string of the molecule is COCCOCCCN1CCNC(CC(C)C)C1. The van der Waals surface area contributed by atoms with Crippen LogP contribution in [0.2, 0.25) is 0 Å². The largest absolute Gasteiger partial charge is 0.382 e. The number of rotatable bonds is 9. The van der Waals surface area contributed by atoms with E-state index >= 15 is 0 Å². The first kappa shape index (κ1) is 15.9. The van der Waals surface area contributed by atoms with E-state index in [0.29, 0.717) is 19.3 Å². The first-order chi connectivity index (χ1) is 8.72. The van der Waals surface area contributed by atoms with Crippen molar-refractivity contribution in [1.29, 1.82) is 0 Å². The number of piperazine rings is 1. The molecule has 0 radical (unpaired) electrons. The van der Waals surface area contributed by atoms with Gasteiger partial charge < -0.3 is 19.7 Å². The molecule has 4 nitrogen and oxygen atoms in total. The van der Waals surface area contributed by atoms with Crippen molar-refractivity contribution in [3.63, 3.8) is 0 Å². The molecule has 18 heavy (non-hydrogen) atoms. The molecule has 1 aliphatic rings. The molecule has 0 aliphatic carbocycles. The minimum absolute atomic E-state index is 0.674. The zero-order valence-electron chi connectivity index (χ0n) is 12.3. The van der Waals surface area contributed by atoms with Gasteiger partial charge in [-0.05, 0) is 18.8 Å². The van der Waals surface area contributed by atoms with E-state index < -0.39 is 0 Å². The predicted molar refractivity (Wildman–Crippen MR) is 75.0 cm³/mol. The maximum atomic E-state index is 5.49. The van der Waals surface area contributed by atoms with Crippen LogP contribution in [0.4, 0.5) is 0 Å². The molecule has 0 aromatic heterocycles. The second kappa shape index (κ2) is 9.73. The maximum absolute atomic E-state index is 5.49. The fourth-order valence-corrected chi connectivity index (χ4v) is 2.46. The number of hydrogen-bond donors (Lipinski definition) is 1. The lowest BCUT2D eigenvalue weighted by molar-refractivity contribution is 0.0632. The first-order valence-electron chi connectivity index (χ1n) is 7.24. The van der Waals surface area contributed by atoms with Gasteiger partial charge in [-0.25, -0.2) is 0 Å². The number of methoxy groups -OCH3 is 1. The Kier molecular flexibility index (Phi) is 8.59. The predicted octanol–water partition coefficient (Wildman–Crippen LogP) is 1.36. The highest BCUT2D eigenvalue weighted by Crippen LogP contribution is 2.09. The number of ether oxygens (including phenoxy) is 2. The van der Waals surface area contributed by atoms with Gasteiger partial charge >= 0.3 is 0 Å². The smallest absolute Gasteiger partial charge is 0.0700 e. The van der Waals surface area contributed by atoms with Gasteiger partial charge in [-0.15, -0.1) is 0 Å². The quantitative estimate of drug-likeness (QED) is 0.633. The van der Waals surface area contributed by atoms with Crippen LogP contribution in [0, 0.1) is 5.92 Å². The highest BCUT2D eigenvalue weighted by Gasteiger charge is 2.19. The molecule has 1 unspecified atom stereocenters. The molecule has 1 atom stereocenters. The minimum Gasteiger partial charge on any atom is -0.382 e. The van der Waals surface area contributed by atoms with Gasteiger partial charge in [-0.2, -0.15) is 0 Å². The van der Waals surface area contributed by atoms with Crippen LogP contribution in [0.3, 0.4) is 0 Å². The number of hydrogen-bond acceptors (Lipinski definition) is 4. The zero-order chi connectivity index (χ0) is 13.2. The summed E-state index contributed by atoms with van der Waals surface area (Å²) in [6.07, 6.45) is 2.40. The van der Waals surface area contributed by atoms with Crippen LogP contribution in [0.1, 0.15) is 26.7 Å². The lowest BCUT2D eigenvalue weighted by Crippen LogP contribution is -2.51. The molecule has 4 heteroatoms. The van der Waals surface area contributed by atoms with Gasteiger partial charge in [0.05, 0.1) is 13.2 Å². The standard InChI is InChI=1S/C14H30N2O2/c1-13(2)11-14-12-16(7-5-15-14)6-4-8-18-10-9-17-3/h13-15H,4-12H2,1-3H3. The van der Waals surface area contributed by atoms with Crippen LogP contribution in [-0.4, -0.2) is 64.1 Å². The molecule has 0 bridgehead atoms. The maximum Gasteiger partial charge on any atom is 0.0700 e. The molecule has 1 N–H and O–H groups in total. The van der Waals surface area contributed by atoms with Crippen molar-refractivity contribution < 1.29 is 9.47 Å². The summed E-state index contributed by atoms with van der Waals surface area (Å²) in [4.78, 5) is 2.56. The molecule has 1 saturated heterocycles. The lowest BCUT2D eigenvalue weighted by Gasteiger charge is -2.34. The number of nitrogens with zero attached hydrogens (tertiary/aromatic N) is 1. The van der Waals surface area contributed by atoms with Crippen LogP contribution in [0.5, 0.6) is 0 Å². The van der Waals surface area contributed by atoms with Gasteiger partial charge in [0.2, 0.25) is 0 Å². The topological polar surface area (TPSA) is 33.7 Å². The first-order valence-corrected chi connectivity index (χ1v) is 7.24. The molecule has 1 aliphatic heterocycles. The van der Waals surface area contributed by atoms with E-state index in [2.05, 4.69) is 24.1 Å². The van der Waals surface area contributed by atoms with Crippen LogP contribution < -0.4 is 5.32 Å². The highest BCUT2D eigenvalue weighted by atomic mass is 16.5. The summed E-state index contributed by atoms with van der Waals surface area (Å²) in [5.74, 6) is 0.778. The Bertz CT molecular complexity index is 200. The van der Waals surface area contributed by atoms with Crippen molar-refractivity contribution >= 4 is 0 Å². The van der Waals surface area contributed by atoms with Crippen molar-refractivity contribution in [2.75, 3.05) is 53.1 Å². The van der Waals surface area contributed by atoms with Gasteiger partial charge in [0.1, 0.15) is 0 Å².